The van der Waals surface area contributed by atoms with Crippen LogP contribution in [0.5, 0.6) is 5.75 Å². The third kappa shape index (κ3) is 5.81. The summed E-state index contributed by atoms with van der Waals surface area (Å²) < 4.78 is 11.8. The molecule has 0 unspecified atom stereocenters. The lowest BCUT2D eigenvalue weighted by Crippen LogP contribution is -2.48. The van der Waals surface area contributed by atoms with Gasteiger partial charge in [0.2, 0.25) is 5.91 Å². The number of anilines is 1. The van der Waals surface area contributed by atoms with E-state index in [1.807, 2.05) is 13.8 Å². The molecule has 2 aromatic rings. The second-order valence-electron chi connectivity index (χ2n) is 9.62. The SMILES string of the molecule is CO[C@H]1CN(C)C(=O)c2cc(NC(=O)C3CC3)ccc2OC[C@@H](C)N(C(=O)c2cnccn2)C[C@H]1C. The van der Waals surface area contributed by atoms with Crippen molar-refractivity contribution in [2.24, 2.45) is 11.8 Å². The summed E-state index contributed by atoms with van der Waals surface area (Å²) in [5.41, 5.74) is 1.14. The fraction of sp³-hybridized carbons (Fsp3) is 0.500. The summed E-state index contributed by atoms with van der Waals surface area (Å²) in [5.74, 6) is -0.176. The first-order chi connectivity index (χ1) is 17.3. The van der Waals surface area contributed by atoms with Gasteiger partial charge in [0.25, 0.3) is 11.8 Å². The molecule has 1 aromatic heterocycles. The van der Waals surface area contributed by atoms with E-state index >= 15 is 0 Å². The molecule has 10 nitrogen and oxygen atoms in total. The van der Waals surface area contributed by atoms with Crippen LogP contribution in [0.1, 0.15) is 47.5 Å². The van der Waals surface area contributed by atoms with Crippen molar-refractivity contribution >= 4 is 23.4 Å². The van der Waals surface area contributed by atoms with Crippen LogP contribution in [0.2, 0.25) is 0 Å². The smallest absolute Gasteiger partial charge is 0.274 e. The molecule has 1 saturated carbocycles. The van der Waals surface area contributed by atoms with Crippen LogP contribution in [0.4, 0.5) is 5.69 Å². The number of carbonyl (C=O) groups is 3. The number of benzene rings is 1. The highest BCUT2D eigenvalue weighted by atomic mass is 16.5. The van der Waals surface area contributed by atoms with E-state index in [1.54, 1.807) is 42.2 Å². The van der Waals surface area contributed by atoms with Crippen molar-refractivity contribution in [3.8, 4) is 5.75 Å². The average molecular weight is 496 g/mol. The van der Waals surface area contributed by atoms with Crippen molar-refractivity contribution in [1.82, 2.24) is 19.8 Å². The lowest BCUT2D eigenvalue weighted by atomic mass is 10.0. The summed E-state index contributed by atoms with van der Waals surface area (Å²) in [6.07, 6.45) is 5.92. The number of ether oxygens (including phenoxy) is 2. The minimum Gasteiger partial charge on any atom is -0.491 e. The number of aromatic nitrogens is 2. The summed E-state index contributed by atoms with van der Waals surface area (Å²) in [7, 11) is 3.31. The molecule has 1 N–H and O–H groups in total. The third-order valence-corrected chi connectivity index (χ3v) is 6.70. The second kappa shape index (κ2) is 11.0. The molecule has 3 amide bonds. The molecule has 0 saturated heterocycles. The zero-order chi connectivity index (χ0) is 25.8. The highest BCUT2D eigenvalue weighted by Gasteiger charge is 2.32. The molecule has 3 atom stereocenters. The Morgan fingerprint density at radius 1 is 1.17 bits per heavy atom. The Labute approximate surface area is 211 Å². The first kappa shape index (κ1) is 25.6. The van der Waals surface area contributed by atoms with Crippen LogP contribution in [0.15, 0.2) is 36.8 Å². The minimum absolute atomic E-state index is 0.0371. The standard InChI is InChI=1S/C26H33N5O5/c1-16-13-31(26(34)21-12-27-9-10-28-21)17(2)15-36-22-8-7-19(29-24(32)18-5-6-18)11-20(22)25(33)30(3)14-23(16)35-4/h7-12,16-18,23H,5-6,13-15H2,1-4H3,(H,29,32)/t16-,17-,23+/m1/s1. The predicted octanol–water partition coefficient (Wildman–Crippen LogP) is 2.47. The number of carbonyl (C=O) groups excluding carboxylic acids is 3. The van der Waals surface area contributed by atoms with Gasteiger partial charge in [-0.05, 0) is 38.0 Å². The van der Waals surface area contributed by atoms with Crippen LogP contribution >= 0.6 is 0 Å². The maximum Gasteiger partial charge on any atom is 0.274 e. The molecule has 0 bridgehead atoms. The van der Waals surface area contributed by atoms with Crippen molar-refractivity contribution < 1.29 is 23.9 Å². The van der Waals surface area contributed by atoms with Gasteiger partial charge in [0.15, 0.2) is 0 Å². The van der Waals surface area contributed by atoms with Gasteiger partial charge < -0.3 is 24.6 Å². The van der Waals surface area contributed by atoms with Gasteiger partial charge in [-0.1, -0.05) is 6.92 Å². The number of nitrogens with zero attached hydrogens (tertiary/aromatic N) is 4. The molecule has 4 rings (SSSR count). The molecule has 10 heteroatoms. The Bertz CT molecular complexity index is 1110. The van der Waals surface area contributed by atoms with Gasteiger partial charge in [0, 0.05) is 57.2 Å². The molecule has 1 aliphatic carbocycles. The number of hydrogen-bond donors (Lipinski definition) is 1. The van der Waals surface area contributed by atoms with Crippen molar-refractivity contribution in [1.29, 1.82) is 0 Å². The maximum atomic E-state index is 13.4. The lowest BCUT2D eigenvalue weighted by Gasteiger charge is -2.35. The molecule has 0 radical (unpaired) electrons. The van der Waals surface area contributed by atoms with Crippen LogP contribution in [0.25, 0.3) is 0 Å². The number of methoxy groups -OCH3 is 1. The third-order valence-electron chi connectivity index (χ3n) is 6.70. The predicted molar refractivity (Wildman–Crippen MR) is 133 cm³/mol. The van der Waals surface area contributed by atoms with Gasteiger partial charge in [-0.25, -0.2) is 4.98 Å². The van der Waals surface area contributed by atoms with Crippen LogP contribution in [0.3, 0.4) is 0 Å². The summed E-state index contributed by atoms with van der Waals surface area (Å²) in [4.78, 5) is 50.6. The van der Waals surface area contributed by atoms with Gasteiger partial charge >= 0.3 is 0 Å². The van der Waals surface area contributed by atoms with E-state index in [1.165, 1.54) is 18.6 Å². The second-order valence-corrected chi connectivity index (χ2v) is 9.62. The number of rotatable bonds is 4. The van der Waals surface area contributed by atoms with Crippen LogP contribution in [0, 0.1) is 11.8 Å². The Hall–Kier alpha value is -3.53. The molecule has 1 aromatic carbocycles. The molecular formula is C26H33N5O5. The summed E-state index contributed by atoms with van der Waals surface area (Å²) in [6.45, 7) is 4.75. The van der Waals surface area contributed by atoms with Gasteiger partial charge in [-0.15, -0.1) is 0 Å². The first-order valence-electron chi connectivity index (χ1n) is 12.2. The highest BCUT2D eigenvalue weighted by Crippen LogP contribution is 2.31. The normalized spacial score (nSPS) is 23.1. The molecular weight excluding hydrogens is 462 g/mol. The topological polar surface area (TPSA) is 114 Å². The Kier molecular flexibility index (Phi) is 7.83. The maximum absolute atomic E-state index is 13.4. The van der Waals surface area contributed by atoms with Gasteiger partial charge in [-0.2, -0.15) is 0 Å². The van der Waals surface area contributed by atoms with E-state index in [2.05, 4.69) is 15.3 Å². The van der Waals surface area contributed by atoms with E-state index in [-0.39, 0.29) is 54.0 Å². The van der Waals surface area contributed by atoms with Crippen molar-refractivity contribution in [2.45, 2.75) is 38.8 Å². The lowest BCUT2D eigenvalue weighted by molar-refractivity contribution is -0.117. The van der Waals surface area contributed by atoms with Gasteiger partial charge in [0.05, 0.1) is 23.9 Å². The number of nitrogens with one attached hydrogen (secondary N) is 1. The Morgan fingerprint density at radius 2 is 1.94 bits per heavy atom. The highest BCUT2D eigenvalue weighted by molar-refractivity contribution is 6.00. The molecule has 0 spiro atoms. The van der Waals surface area contributed by atoms with E-state index in [9.17, 15) is 14.4 Å². The quantitative estimate of drug-likeness (QED) is 0.693. The van der Waals surface area contributed by atoms with E-state index < -0.39 is 0 Å². The van der Waals surface area contributed by atoms with Gasteiger partial charge in [-0.3, -0.25) is 19.4 Å². The largest absolute Gasteiger partial charge is 0.491 e. The molecule has 192 valence electrons. The summed E-state index contributed by atoms with van der Waals surface area (Å²) in [5, 5.41) is 2.90. The van der Waals surface area contributed by atoms with Crippen molar-refractivity contribution in [3.63, 3.8) is 0 Å². The fourth-order valence-corrected chi connectivity index (χ4v) is 4.28. The Morgan fingerprint density at radius 3 is 2.61 bits per heavy atom. The van der Waals surface area contributed by atoms with Crippen LogP contribution in [-0.2, 0) is 9.53 Å². The summed E-state index contributed by atoms with van der Waals surface area (Å²) >= 11 is 0. The zero-order valence-electron chi connectivity index (χ0n) is 21.1. The first-order valence-corrected chi connectivity index (χ1v) is 12.2. The van der Waals surface area contributed by atoms with Crippen LogP contribution in [-0.4, -0.2) is 83.5 Å². The molecule has 2 heterocycles. The minimum atomic E-state index is -0.325. The van der Waals surface area contributed by atoms with E-state index in [0.717, 1.165) is 12.8 Å². The number of likely N-dealkylation sites (N-methyl/N-ethyl adjacent to an activating group) is 1. The van der Waals surface area contributed by atoms with E-state index in [0.29, 0.717) is 30.1 Å². The summed E-state index contributed by atoms with van der Waals surface area (Å²) in [6, 6.07) is 4.74. The number of amides is 3. The Balaban J connectivity index is 1.65. The molecule has 36 heavy (non-hydrogen) atoms. The molecule has 2 aliphatic rings. The fourth-order valence-electron chi connectivity index (χ4n) is 4.28. The number of hydrogen-bond acceptors (Lipinski definition) is 7. The number of fused-ring (bicyclic) bond motifs is 1. The van der Waals surface area contributed by atoms with Gasteiger partial charge in [0.1, 0.15) is 18.1 Å². The monoisotopic (exact) mass is 495 g/mol. The average Bonchev–Trinajstić information content (AvgIpc) is 3.74. The van der Waals surface area contributed by atoms with Crippen molar-refractivity contribution in [2.75, 3.05) is 39.2 Å². The van der Waals surface area contributed by atoms with Crippen LogP contribution < -0.4 is 10.1 Å². The molecule has 1 aliphatic heterocycles. The zero-order valence-corrected chi connectivity index (χ0v) is 21.1. The van der Waals surface area contributed by atoms with Crippen molar-refractivity contribution in [3.05, 3.63) is 48.0 Å². The van der Waals surface area contributed by atoms with E-state index in [4.69, 9.17) is 9.47 Å². The molecule has 1 fully saturated rings.